The lowest BCUT2D eigenvalue weighted by atomic mass is 10.2. The van der Waals surface area contributed by atoms with Crippen LogP contribution in [0.2, 0.25) is 0 Å². The average Bonchev–Trinajstić information content (AvgIpc) is 3.05. The van der Waals surface area contributed by atoms with Gasteiger partial charge in [-0.15, -0.1) is 0 Å². The second-order valence-electron chi connectivity index (χ2n) is 6.51. The number of pyridine rings is 2. The van der Waals surface area contributed by atoms with E-state index in [9.17, 15) is 4.79 Å². The van der Waals surface area contributed by atoms with E-state index in [0.29, 0.717) is 30.4 Å². The van der Waals surface area contributed by atoms with E-state index in [1.807, 2.05) is 32.9 Å². The highest BCUT2D eigenvalue weighted by molar-refractivity contribution is 5.94. The summed E-state index contributed by atoms with van der Waals surface area (Å²) in [7, 11) is 0. The number of nitrogens with zero attached hydrogens (tertiary/aromatic N) is 3. The Kier molecular flexibility index (Phi) is 5.16. The molecule has 3 rings (SSSR count). The lowest BCUT2D eigenvalue weighted by molar-refractivity contribution is 0.0770. The van der Waals surface area contributed by atoms with Crippen molar-refractivity contribution in [1.29, 1.82) is 0 Å². The minimum atomic E-state index is -0.0356. The van der Waals surface area contributed by atoms with Crippen molar-refractivity contribution in [3.8, 4) is 11.8 Å². The highest BCUT2D eigenvalue weighted by atomic mass is 16.5. The summed E-state index contributed by atoms with van der Waals surface area (Å²) < 4.78 is 11.4. The SMILES string of the molecule is Cc1ccc(OC2CCN(C(=O)c3ccc(OC(C)C)nc3)C2)nc1. The molecule has 0 aliphatic carbocycles. The van der Waals surface area contributed by atoms with Gasteiger partial charge in [-0.3, -0.25) is 4.79 Å². The standard InChI is InChI=1S/C19H23N3O3/c1-13(2)24-17-7-5-15(11-21-17)19(23)22-9-8-16(12-22)25-18-6-4-14(3)10-20-18/h4-7,10-11,13,16H,8-9,12H2,1-3H3. The molecule has 1 fully saturated rings. The zero-order chi connectivity index (χ0) is 17.8. The lowest BCUT2D eigenvalue weighted by Gasteiger charge is -2.17. The lowest BCUT2D eigenvalue weighted by Crippen LogP contribution is -2.31. The van der Waals surface area contributed by atoms with Crippen LogP contribution in [-0.4, -0.2) is 46.1 Å². The number of likely N-dealkylation sites (tertiary alicyclic amines) is 1. The van der Waals surface area contributed by atoms with Crippen LogP contribution in [0.15, 0.2) is 36.7 Å². The number of ether oxygens (including phenoxy) is 2. The van der Waals surface area contributed by atoms with Crippen molar-refractivity contribution in [2.24, 2.45) is 0 Å². The monoisotopic (exact) mass is 341 g/mol. The maximum atomic E-state index is 12.6. The van der Waals surface area contributed by atoms with Gasteiger partial charge in [0, 0.05) is 37.5 Å². The summed E-state index contributed by atoms with van der Waals surface area (Å²) >= 11 is 0. The Hall–Kier alpha value is -2.63. The van der Waals surface area contributed by atoms with Gasteiger partial charge in [0.25, 0.3) is 5.91 Å². The van der Waals surface area contributed by atoms with Crippen molar-refractivity contribution < 1.29 is 14.3 Å². The summed E-state index contributed by atoms with van der Waals surface area (Å²) in [5.41, 5.74) is 1.65. The summed E-state index contributed by atoms with van der Waals surface area (Å²) in [4.78, 5) is 22.8. The van der Waals surface area contributed by atoms with Crippen molar-refractivity contribution in [3.63, 3.8) is 0 Å². The molecule has 0 aromatic carbocycles. The van der Waals surface area contributed by atoms with E-state index in [1.54, 1.807) is 29.4 Å². The maximum Gasteiger partial charge on any atom is 0.255 e. The maximum absolute atomic E-state index is 12.6. The predicted octanol–water partition coefficient (Wildman–Crippen LogP) is 2.87. The number of hydrogen-bond donors (Lipinski definition) is 0. The first kappa shape index (κ1) is 17.2. The van der Waals surface area contributed by atoms with Gasteiger partial charge in [0.05, 0.1) is 18.2 Å². The van der Waals surface area contributed by atoms with Crippen molar-refractivity contribution >= 4 is 5.91 Å². The minimum absolute atomic E-state index is 0.0318. The van der Waals surface area contributed by atoms with Crippen LogP contribution in [0.25, 0.3) is 0 Å². The topological polar surface area (TPSA) is 64.5 Å². The van der Waals surface area contributed by atoms with Crippen LogP contribution in [-0.2, 0) is 0 Å². The van der Waals surface area contributed by atoms with Gasteiger partial charge in [0.1, 0.15) is 6.10 Å². The van der Waals surface area contributed by atoms with Crippen molar-refractivity contribution in [2.75, 3.05) is 13.1 Å². The molecule has 0 saturated carbocycles. The van der Waals surface area contributed by atoms with E-state index in [4.69, 9.17) is 9.47 Å². The van der Waals surface area contributed by atoms with Gasteiger partial charge >= 0.3 is 0 Å². The van der Waals surface area contributed by atoms with E-state index in [2.05, 4.69) is 9.97 Å². The average molecular weight is 341 g/mol. The van der Waals surface area contributed by atoms with Gasteiger partial charge in [-0.2, -0.15) is 0 Å². The van der Waals surface area contributed by atoms with Crippen molar-refractivity contribution in [3.05, 3.63) is 47.8 Å². The van der Waals surface area contributed by atoms with E-state index in [1.165, 1.54) is 0 Å². The van der Waals surface area contributed by atoms with Gasteiger partial charge in [-0.25, -0.2) is 9.97 Å². The fraction of sp³-hybridized carbons (Fsp3) is 0.421. The number of aryl methyl sites for hydroxylation is 1. The number of amides is 1. The first-order valence-electron chi connectivity index (χ1n) is 8.52. The second kappa shape index (κ2) is 7.51. The molecule has 1 aliphatic rings. The molecule has 132 valence electrons. The van der Waals surface area contributed by atoms with Gasteiger partial charge in [0.15, 0.2) is 0 Å². The fourth-order valence-electron chi connectivity index (χ4n) is 2.70. The first-order chi connectivity index (χ1) is 12.0. The molecule has 0 N–H and O–H groups in total. The fourth-order valence-corrected chi connectivity index (χ4v) is 2.70. The van der Waals surface area contributed by atoms with Crippen LogP contribution in [0.1, 0.15) is 36.2 Å². The third-order valence-electron chi connectivity index (χ3n) is 3.94. The van der Waals surface area contributed by atoms with Gasteiger partial charge in [-0.05, 0) is 32.4 Å². The summed E-state index contributed by atoms with van der Waals surface area (Å²) in [6.07, 6.45) is 4.16. The molecule has 1 amide bonds. The van der Waals surface area contributed by atoms with Crippen LogP contribution in [0.3, 0.4) is 0 Å². The Balaban J connectivity index is 1.57. The highest BCUT2D eigenvalue weighted by Crippen LogP contribution is 2.19. The Labute approximate surface area is 147 Å². The molecule has 1 unspecified atom stereocenters. The van der Waals surface area contributed by atoms with E-state index < -0.39 is 0 Å². The van der Waals surface area contributed by atoms with Gasteiger partial charge < -0.3 is 14.4 Å². The summed E-state index contributed by atoms with van der Waals surface area (Å²) in [5, 5.41) is 0. The normalized spacial score (nSPS) is 17.0. The second-order valence-corrected chi connectivity index (χ2v) is 6.51. The quantitative estimate of drug-likeness (QED) is 0.837. The Bertz CT molecular complexity index is 714. The molecule has 25 heavy (non-hydrogen) atoms. The van der Waals surface area contributed by atoms with Gasteiger partial charge in [0.2, 0.25) is 11.8 Å². The first-order valence-corrected chi connectivity index (χ1v) is 8.52. The number of carbonyl (C=O) groups excluding carboxylic acids is 1. The third kappa shape index (κ3) is 4.47. The number of carbonyl (C=O) groups is 1. The Morgan fingerprint density at radius 1 is 1.16 bits per heavy atom. The molecule has 0 bridgehead atoms. The molecule has 2 aromatic heterocycles. The summed E-state index contributed by atoms with van der Waals surface area (Å²) in [6.45, 7) is 7.08. The third-order valence-corrected chi connectivity index (χ3v) is 3.94. The minimum Gasteiger partial charge on any atom is -0.475 e. The van der Waals surface area contributed by atoms with Crippen molar-refractivity contribution in [2.45, 2.75) is 39.4 Å². The van der Waals surface area contributed by atoms with Gasteiger partial charge in [-0.1, -0.05) is 6.07 Å². The van der Waals surface area contributed by atoms with Crippen LogP contribution in [0.4, 0.5) is 0 Å². The molecular weight excluding hydrogens is 318 g/mol. The summed E-state index contributed by atoms with van der Waals surface area (Å²) in [6, 6.07) is 7.31. The highest BCUT2D eigenvalue weighted by Gasteiger charge is 2.28. The largest absolute Gasteiger partial charge is 0.475 e. The molecule has 6 heteroatoms. The molecule has 1 atom stereocenters. The zero-order valence-electron chi connectivity index (χ0n) is 14.8. The molecule has 1 saturated heterocycles. The molecular formula is C19H23N3O3. The molecule has 6 nitrogen and oxygen atoms in total. The molecule has 0 spiro atoms. The van der Waals surface area contributed by atoms with E-state index >= 15 is 0 Å². The smallest absolute Gasteiger partial charge is 0.255 e. The molecule has 0 radical (unpaired) electrons. The van der Waals surface area contributed by atoms with Crippen molar-refractivity contribution in [1.82, 2.24) is 14.9 Å². The van der Waals surface area contributed by atoms with Crippen LogP contribution >= 0.6 is 0 Å². The number of rotatable bonds is 5. The predicted molar refractivity (Wildman–Crippen MR) is 93.9 cm³/mol. The number of aromatic nitrogens is 2. The Morgan fingerprint density at radius 2 is 1.92 bits per heavy atom. The zero-order valence-corrected chi connectivity index (χ0v) is 14.8. The van der Waals surface area contributed by atoms with E-state index in [-0.39, 0.29) is 18.1 Å². The Morgan fingerprint density at radius 3 is 2.56 bits per heavy atom. The molecule has 1 aliphatic heterocycles. The number of hydrogen-bond acceptors (Lipinski definition) is 5. The van der Waals surface area contributed by atoms with Crippen LogP contribution in [0.5, 0.6) is 11.8 Å². The molecule has 3 heterocycles. The molecule has 2 aromatic rings. The summed E-state index contributed by atoms with van der Waals surface area (Å²) in [5.74, 6) is 1.09. The van der Waals surface area contributed by atoms with E-state index in [0.717, 1.165) is 12.0 Å². The van der Waals surface area contributed by atoms with Crippen LogP contribution in [0, 0.1) is 6.92 Å². The van der Waals surface area contributed by atoms with Crippen LogP contribution < -0.4 is 9.47 Å².